The van der Waals surface area contributed by atoms with Crippen molar-refractivity contribution in [1.29, 1.82) is 0 Å². The van der Waals surface area contributed by atoms with Crippen LogP contribution in [-0.2, 0) is 14.3 Å². The predicted molar refractivity (Wildman–Crippen MR) is 333 cm³/mol. The quantitative estimate of drug-likeness (QED) is 0.0320. The highest BCUT2D eigenvalue weighted by atomic mass is 16.5. The number of aliphatic hydroxyl groups excluding tert-OH is 2. The molecule has 0 aromatic heterocycles. The van der Waals surface area contributed by atoms with Crippen LogP contribution in [-0.4, -0.2) is 47.4 Å². The number of ether oxygens (including phenoxy) is 1. The van der Waals surface area contributed by atoms with Gasteiger partial charge in [0.25, 0.3) is 0 Å². The van der Waals surface area contributed by atoms with Crippen molar-refractivity contribution in [3.05, 3.63) is 24.3 Å². The minimum absolute atomic E-state index is 0.00303. The Morgan fingerprint density at radius 1 is 0.355 bits per heavy atom. The molecule has 0 spiro atoms. The molecule has 0 fully saturated rings. The van der Waals surface area contributed by atoms with Gasteiger partial charge in [-0.05, 0) is 77.0 Å². The highest BCUT2D eigenvalue weighted by Gasteiger charge is 2.20. The van der Waals surface area contributed by atoms with Crippen LogP contribution in [0.3, 0.4) is 0 Å². The molecule has 0 saturated carbocycles. The largest absolute Gasteiger partial charge is 0.466 e. The molecular formula is C70H135NO5. The second-order valence-corrected chi connectivity index (χ2v) is 23.9. The normalized spacial score (nSPS) is 12.6. The highest BCUT2D eigenvalue weighted by Crippen LogP contribution is 2.19. The number of aliphatic hydroxyl groups is 2. The summed E-state index contributed by atoms with van der Waals surface area (Å²) >= 11 is 0. The van der Waals surface area contributed by atoms with Crippen LogP contribution in [0.1, 0.15) is 386 Å². The van der Waals surface area contributed by atoms with Gasteiger partial charge in [-0.25, -0.2) is 0 Å². The minimum atomic E-state index is -0.669. The highest BCUT2D eigenvalue weighted by molar-refractivity contribution is 5.76. The first-order valence-corrected chi connectivity index (χ1v) is 34.6. The third-order valence-corrected chi connectivity index (χ3v) is 16.2. The van der Waals surface area contributed by atoms with E-state index < -0.39 is 12.1 Å². The zero-order valence-corrected chi connectivity index (χ0v) is 51.5. The molecule has 3 N–H and O–H groups in total. The summed E-state index contributed by atoms with van der Waals surface area (Å²) in [5.41, 5.74) is 0. The molecule has 0 radical (unpaired) electrons. The van der Waals surface area contributed by atoms with E-state index in [1.54, 1.807) is 0 Å². The van der Waals surface area contributed by atoms with Crippen LogP contribution in [0.4, 0.5) is 0 Å². The predicted octanol–water partition coefficient (Wildman–Crippen LogP) is 22.1. The third kappa shape index (κ3) is 61.6. The van der Waals surface area contributed by atoms with E-state index in [1.165, 1.54) is 308 Å². The van der Waals surface area contributed by atoms with E-state index in [0.717, 1.165) is 44.9 Å². The Labute approximate surface area is 475 Å². The van der Waals surface area contributed by atoms with Crippen LogP contribution < -0.4 is 5.32 Å². The molecule has 0 heterocycles. The number of carbonyl (C=O) groups is 2. The lowest BCUT2D eigenvalue weighted by atomic mass is 10.0. The SMILES string of the molecule is CCCCCC/C=C\CCCCCCCC(=O)OCCCCCCCCCCCCCC/C=C\CCCCCCCCCC(=O)NC(CO)C(O)CCCCCCCCCCCCCCCCCCCCCCCCC. The molecule has 2 unspecified atom stereocenters. The molecule has 0 aromatic rings. The summed E-state index contributed by atoms with van der Waals surface area (Å²) in [5.74, 6) is -0.0340. The summed E-state index contributed by atoms with van der Waals surface area (Å²) in [6, 6.07) is -0.547. The summed E-state index contributed by atoms with van der Waals surface area (Å²) < 4.78 is 5.48. The lowest BCUT2D eigenvalue weighted by Gasteiger charge is -2.22. The standard InChI is InChI=1S/C70H135NO5/c1-3-5-7-9-11-13-15-17-18-19-20-21-23-26-29-32-35-39-42-46-50-54-58-62-68(73)67(66-72)71-69(74)63-59-55-51-47-43-40-36-33-30-27-24-22-25-28-31-34-37-41-45-49-53-57-61-65-76-70(75)64-60-56-52-48-44-38-16-14-12-10-8-6-4-2/h14,16,27,30,67-68,72-73H,3-13,15,17-26,28-29,31-66H2,1-2H3,(H,71,74)/b16-14-,30-27-. The Morgan fingerprint density at radius 3 is 0.947 bits per heavy atom. The summed E-state index contributed by atoms with van der Waals surface area (Å²) in [6.07, 6.45) is 82.1. The van der Waals surface area contributed by atoms with Crippen molar-refractivity contribution >= 4 is 11.9 Å². The molecule has 6 heteroatoms. The van der Waals surface area contributed by atoms with E-state index in [2.05, 4.69) is 43.5 Å². The maximum Gasteiger partial charge on any atom is 0.305 e. The summed E-state index contributed by atoms with van der Waals surface area (Å²) in [7, 11) is 0. The Bertz CT molecular complexity index is 1190. The van der Waals surface area contributed by atoms with Gasteiger partial charge in [0, 0.05) is 12.8 Å². The van der Waals surface area contributed by atoms with Crippen LogP contribution >= 0.6 is 0 Å². The maximum atomic E-state index is 12.5. The zero-order valence-electron chi connectivity index (χ0n) is 51.5. The number of unbranched alkanes of at least 4 members (excludes halogenated alkanes) is 50. The number of hydrogen-bond acceptors (Lipinski definition) is 5. The fourth-order valence-corrected chi connectivity index (χ4v) is 10.9. The van der Waals surface area contributed by atoms with Gasteiger partial charge in [0.2, 0.25) is 5.91 Å². The van der Waals surface area contributed by atoms with Gasteiger partial charge in [0.1, 0.15) is 0 Å². The van der Waals surface area contributed by atoms with Crippen molar-refractivity contribution in [2.75, 3.05) is 13.2 Å². The Balaban J connectivity index is 3.41. The van der Waals surface area contributed by atoms with Crippen molar-refractivity contribution < 1.29 is 24.5 Å². The Morgan fingerprint density at radius 2 is 0.618 bits per heavy atom. The third-order valence-electron chi connectivity index (χ3n) is 16.2. The Kier molecular flexibility index (Phi) is 64.4. The first-order valence-electron chi connectivity index (χ1n) is 34.6. The average Bonchev–Trinajstić information content (AvgIpc) is 3.42. The molecule has 2 atom stereocenters. The molecule has 0 aliphatic rings. The molecule has 0 aliphatic heterocycles. The molecular weight excluding hydrogens is 935 g/mol. The second kappa shape index (κ2) is 65.9. The minimum Gasteiger partial charge on any atom is -0.466 e. The van der Waals surface area contributed by atoms with E-state index in [9.17, 15) is 19.8 Å². The fourth-order valence-electron chi connectivity index (χ4n) is 10.9. The number of carbonyl (C=O) groups excluding carboxylic acids is 2. The zero-order chi connectivity index (χ0) is 55.0. The van der Waals surface area contributed by atoms with Crippen LogP contribution in [0.25, 0.3) is 0 Å². The van der Waals surface area contributed by atoms with E-state index >= 15 is 0 Å². The van der Waals surface area contributed by atoms with E-state index in [0.29, 0.717) is 25.9 Å². The summed E-state index contributed by atoms with van der Waals surface area (Å²) in [4.78, 5) is 24.6. The average molecular weight is 1070 g/mol. The first kappa shape index (κ1) is 74.3. The van der Waals surface area contributed by atoms with E-state index in [1.807, 2.05) is 0 Å². The van der Waals surface area contributed by atoms with Gasteiger partial charge >= 0.3 is 5.97 Å². The van der Waals surface area contributed by atoms with Crippen LogP contribution in [0.5, 0.6) is 0 Å². The number of amides is 1. The van der Waals surface area contributed by atoms with Gasteiger partial charge in [0.05, 0.1) is 25.4 Å². The molecule has 450 valence electrons. The van der Waals surface area contributed by atoms with Crippen molar-refractivity contribution in [2.24, 2.45) is 0 Å². The van der Waals surface area contributed by atoms with Crippen LogP contribution in [0.15, 0.2) is 24.3 Å². The first-order chi connectivity index (χ1) is 37.5. The van der Waals surface area contributed by atoms with Crippen molar-refractivity contribution in [3.8, 4) is 0 Å². The van der Waals surface area contributed by atoms with Crippen LogP contribution in [0, 0.1) is 0 Å². The monoisotopic (exact) mass is 1070 g/mol. The molecule has 0 saturated heterocycles. The van der Waals surface area contributed by atoms with Crippen molar-refractivity contribution in [1.82, 2.24) is 5.32 Å². The van der Waals surface area contributed by atoms with Gasteiger partial charge in [-0.3, -0.25) is 9.59 Å². The van der Waals surface area contributed by atoms with Gasteiger partial charge < -0.3 is 20.3 Å². The molecule has 6 nitrogen and oxygen atoms in total. The van der Waals surface area contributed by atoms with Gasteiger partial charge in [-0.15, -0.1) is 0 Å². The summed E-state index contributed by atoms with van der Waals surface area (Å²) in [6.45, 7) is 4.97. The number of allylic oxidation sites excluding steroid dienone is 4. The lowest BCUT2D eigenvalue weighted by molar-refractivity contribution is -0.143. The molecule has 1 amide bonds. The number of nitrogens with one attached hydrogen (secondary N) is 1. The molecule has 0 rings (SSSR count). The fraction of sp³-hybridized carbons (Fsp3) is 0.914. The smallest absolute Gasteiger partial charge is 0.305 e. The molecule has 76 heavy (non-hydrogen) atoms. The van der Waals surface area contributed by atoms with Crippen LogP contribution in [0.2, 0.25) is 0 Å². The maximum absolute atomic E-state index is 12.5. The van der Waals surface area contributed by atoms with Crippen molar-refractivity contribution in [2.45, 2.75) is 398 Å². The number of esters is 1. The summed E-state index contributed by atoms with van der Waals surface area (Å²) in [5, 5.41) is 23.4. The molecule has 0 aliphatic carbocycles. The molecule has 0 aromatic carbocycles. The van der Waals surface area contributed by atoms with Gasteiger partial charge in [-0.1, -0.05) is 321 Å². The second-order valence-electron chi connectivity index (χ2n) is 23.9. The topological polar surface area (TPSA) is 95.9 Å². The Hall–Kier alpha value is -1.66. The van der Waals surface area contributed by atoms with Crippen molar-refractivity contribution in [3.63, 3.8) is 0 Å². The molecule has 0 bridgehead atoms. The van der Waals surface area contributed by atoms with Gasteiger partial charge in [0.15, 0.2) is 0 Å². The van der Waals surface area contributed by atoms with E-state index in [4.69, 9.17) is 4.74 Å². The number of rotatable bonds is 65. The number of hydrogen-bond donors (Lipinski definition) is 3. The van der Waals surface area contributed by atoms with E-state index in [-0.39, 0.29) is 18.5 Å². The van der Waals surface area contributed by atoms with Gasteiger partial charge in [-0.2, -0.15) is 0 Å². The lowest BCUT2D eigenvalue weighted by Crippen LogP contribution is -2.45.